The van der Waals surface area contributed by atoms with Gasteiger partial charge in [-0.05, 0) is 48.5 Å². The molecule has 0 aliphatic heterocycles. The number of benzene rings is 1. The fraction of sp³-hybridized carbons (Fsp3) is 0.500. The Morgan fingerprint density at radius 2 is 1.81 bits per heavy atom. The number of rotatable bonds is 2. The molecular weight excluding hydrogens is 278 g/mol. The molecule has 0 spiro atoms. The minimum atomic E-state index is 0.250. The van der Waals surface area contributed by atoms with Gasteiger partial charge in [0.05, 0.1) is 0 Å². The molecule has 1 fully saturated rings. The Labute approximate surface area is 133 Å². The summed E-state index contributed by atoms with van der Waals surface area (Å²) in [6.45, 7) is 4.67. The van der Waals surface area contributed by atoms with Crippen molar-refractivity contribution in [2.75, 3.05) is 6.26 Å². The lowest BCUT2D eigenvalue weighted by atomic mass is 9.88. The van der Waals surface area contributed by atoms with Crippen LogP contribution in [0.3, 0.4) is 0 Å². The Bertz CT molecular complexity index is 450. The Kier molecular flexibility index (Phi) is 7.58. The zero-order valence-corrected chi connectivity index (χ0v) is 14.2. The second kappa shape index (κ2) is 8.93. The van der Waals surface area contributed by atoms with Gasteiger partial charge in [0.15, 0.2) is 0 Å². The minimum absolute atomic E-state index is 0.250. The van der Waals surface area contributed by atoms with Crippen molar-refractivity contribution in [3.8, 4) is 0 Å². The van der Waals surface area contributed by atoms with Crippen LogP contribution in [0.1, 0.15) is 45.1 Å². The highest BCUT2D eigenvalue weighted by molar-refractivity contribution is 7.99. The van der Waals surface area contributed by atoms with Gasteiger partial charge in [-0.25, -0.2) is 0 Å². The molecule has 1 aromatic rings. The average molecular weight is 305 g/mol. The van der Waals surface area contributed by atoms with Gasteiger partial charge in [-0.2, -0.15) is 11.8 Å². The topological polar surface area (TPSA) is 43.1 Å². The lowest BCUT2D eigenvalue weighted by Crippen LogP contribution is -2.04. The molecule has 116 valence electrons. The molecule has 1 amide bonds. The molecule has 2 aliphatic carbocycles. The molecule has 0 unspecified atom stereocenters. The van der Waals surface area contributed by atoms with Crippen molar-refractivity contribution in [1.29, 1.82) is 0 Å². The van der Waals surface area contributed by atoms with E-state index in [1.807, 2.05) is 11.8 Å². The van der Waals surface area contributed by atoms with Crippen molar-refractivity contribution >= 4 is 23.7 Å². The molecule has 1 saturated carbocycles. The van der Waals surface area contributed by atoms with Crippen molar-refractivity contribution in [2.45, 2.75) is 44.8 Å². The first-order valence-electron chi connectivity index (χ1n) is 7.45. The second-order valence-corrected chi connectivity index (χ2v) is 7.35. The summed E-state index contributed by atoms with van der Waals surface area (Å²) in [6.07, 6.45) is 10.2. The fourth-order valence-corrected chi connectivity index (χ4v) is 2.84. The van der Waals surface area contributed by atoms with Gasteiger partial charge < -0.3 is 5.73 Å². The number of carbonyl (C=O) groups is 1. The number of amides is 1. The van der Waals surface area contributed by atoms with Gasteiger partial charge in [-0.3, -0.25) is 4.79 Å². The monoisotopic (exact) mass is 305 g/mol. The van der Waals surface area contributed by atoms with Gasteiger partial charge in [0, 0.05) is 5.25 Å². The molecule has 0 saturated heterocycles. The number of hydrogen-bond acceptors (Lipinski definition) is 2. The first-order valence-corrected chi connectivity index (χ1v) is 8.74. The maximum absolute atomic E-state index is 8.58. The number of primary amides is 1. The van der Waals surface area contributed by atoms with E-state index in [0.717, 1.165) is 5.25 Å². The SMILES string of the molecule is CC1(C)CC=C(c2ccccc2)C1.CSC1CC1.NC=O. The number of carbonyl (C=O) groups excluding carboxylic acids is 1. The third-order valence-corrected chi connectivity index (χ3v) is 4.71. The summed E-state index contributed by atoms with van der Waals surface area (Å²) in [5.41, 5.74) is 7.56. The molecule has 2 nitrogen and oxygen atoms in total. The largest absolute Gasteiger partial charge is 0.372 e. The highest BCUT2D eigenvalue weighted by atomic mass is 32.2. The Morgan fingerprint density at radius 3 is 2.14 bits per heavy atom. The highest BCUT2D eigenvalue weighted by Crippen LogP contribution is 2.40. The van der Waals surface area contributed by atoms with E-state index in [9.17, 15) is 0 Å². The van der Waals surface area contributed by atoms with Crippen LogP contribution in [0.15, 0.2) is 36.4 Å². The molecule has 21 heavy (non-hydrogen) atoms. The summed E-state index contributed by atoms with van der Waals surface area (Å²) in [6, 6.07) is 10.7. The first-order chi connectivity index (χ1) is 10.0. The third kappa shape index (κ3) is 7.37. The van der Waals surface area contributed by atoms with E-state index in [-0.39, 0.29) is 6.41 Å². The van der Waals surface area contributed by atoms with Crippen LogP contribution in [0.5, 0.6) is 0 Å². The Hall–Kier alpha value is -1.22. The van der Waals surface area contributed by atoms with E-state index in [2.05, 4.69) is 62.2 Å². The van der Waals surface area contributed by atoms with E-state index < -0.39 is 0 Å². The van der Waals surface area contributed by atoms with Crippen molar-refractivity contribution < 1.29 is 4.79 Å². The minimum Gasteiger partial charge on any atom is -0.372 e. The van der Waals surface area contributed by atoms with Crippen LogP contribution < -0.4 is 5.73 Å². The maximum Gasteiger partial charge on any atom is 0.204 e. The standard InChI is InChI=1S/C13H16.C4H8S.CH3NO/c1-13(2)9-8-12(10-13)11-6-4-3-5-7-11;1-5-4-2-3-4;2-1-3/h3-8H,9-10H2,1-2H3;4H,2-3H2,1H3;1H,(H2,2,3). The van der Waals surface area contributed by atoms with Crippen molar-refractivity contribution in [3.05, 3.63) is 42.0 Å². The molecule has 3 heteroatoms. The number of thioether (sulfide) groups is 1. The smallest absolute Gasteiger partial charge is 0.204 e. The predicted molar refractivity (Wildman–Crippen MR) is 94.2 cm³/mol. The lowest BCUT2D eigenvalue weighted by Gasteiger charge is -2.16. The van der Waals surface area contributed by atoms with Crippen molar-refractivity contribution in [1.82, 2.24) is 0 Å². The van der Waals surface area contributed by atoms with Crippen LogP contribution >= 0.6 is 11.8 Å². The number of hydrogen-bond donors (Lipinski definition) is 1. The summed E-state index contributed by atoms with van der Waals surface area (Å²) < 4.78 is 0. The number of nitrogens with two attached hydrogens (primary N) is 1. The highest BCUT2D eigenvalue weighted by Gasteiger charge is 2.24. The van der Waals surface area contributed by atoms with E-state index in [0.29, 0.717) is 5.41 Å². The van der Waals surface area contributed by atoms with E-state index in [1.54, 1.807) is 0 Å². The Morgan fingerprint density at radius 1 is 1.24 bits per heavy atom. The van der Waals surface area contributed by atoms with Gasteiger partial charge in [-0.15, -0.1) is 0 Å². The second-order valence-electron chi connectivity index (χ2n) is 6.21. The molecule has 0 aromatic heterocycles. The van der Waals surface area contributed by atoms with Crippen LogP contribution in [0.4, 0.5) is 0 Å². The van der Waals surface area contributed by atoms with Crippen molar-refractivity contribution in [3.63, 3.8) is 0 Å². The van der Waals surface area contributed by atoms with Crippen LogP contribution in [0.2, 0.25) is 0 Å². The molecule has 0 atom stereocenters. The van der Waals surface area contributed by atoms with Gasteiger partial charge in [0.1, 0.15) is 0 Å². The summed E-state index contributed by atoms with van der Waals surface area (Å²) >= 11 is 1.99. The fourth-order valence-electron chi connectivity index (χ4n) is 2.24. The first kappa shape index (κ1) is 17.8. The zero-order chi connectivity index (χ0) is 15.7. The molecular formula is C18H27NOS. The molecule has 1 aromatic carbocycles. The molecule has 0 heterocycles. The van der Waals surface area contributed by atoms with Gasteiger partial charge in [0.2, 0.25) is 6.41 Å². The van der Waals surface area contributed by atoms with Crippen LogP contribution in [0.25, 0.3) is 5.57 Å². The third-order valence-electron chi connectivity index (χ3n) is 3.57. The van der Waals surface area contributed by atoms with Crippen LogP contribution in [-0.2, 0) is 4.79 Å². The Balaban J connectivity index is 0.000000228. The molecule has 3 rings (SSSR count). The quantitative estimate of drug-likeness (QED) is 0.817. The van der Waals surface area contributed by atoms with Gasteiger partial charge in [-0.1, -0.05) is 50.3 Å². The molecule has 2 N–H and O–H groups in total. The van der Waals surface area contributed by atoms with Crippen LogP contribution in [0, 0.1) is 5.41 Å². The summed E-state index contributed by atoms with van der Waals surface area (Å²) in [5, 5.41) is 1.05. The molecule has 0 radical (unpaired) electrons. The molecule has 2 aliphatic rings. The van der Waals surface area contributed by atoms with E-state index in [1.165, 1.54) is 36.8 Å². The van der Waals surface area contributed by atoms with Crippen molar-refractivity contribution in [2.24, 2.45) is 11.1 Å². The lowest BCUT2D eigenvalue weighted by molar-refractivity contribution is -0.106. The van der Waals surface area contributed by atoms with Gasteiger partial charge in [0.25, 0.3) is 0 Å². The van der Waals surface area contributed by atoms with E-state index >= 15 is 0 Å². The van der Waals surface area contributed by atoms with Gasteiger partial charge >= 0.3 is 0 Å². The molecule has 0 bridgehead atoms. The van der Waals surface area contributed by atoms with Crippen LogP contribution in [-0.4, -0.2) is 17.9 Å². The summed E-state index contributed by atoms with van der Waals surface area (Å²) in [5.74, 6) is 0. The van der Waals surface area contributed by atoms with E-state index in [4.69, 9.17) is 4.79 Å². The normalized spacial score (nSPS) is 18.5. The predicted octanol–water partition coefficient (Wildman–Crippen LogP) is 4.50. The average Bonchev–Trinajstić information content (AvgIpc) is 3.24. The summed E-state index contributed by atoms with van der Waals surface area (Å²) in [7, 11) is 0. The maximum atomic E-state index is 8.58. The summed E-state index contributed by atoms with van der Waals surface area (Å²) in [4.78, 5) is 8.58. The number of allylic oxidation sites excluding steroid dienone is 2. The zero-order valence-electron chi connectivity index (χ0n) is 13.3.